The smallest absolute Gasteiger partial charge is 0.339 e. The molecule has 25 heavy (non-hydrogen) atoms. The highest BCUT2D eigenvalue weighted by Gasteiger charge is 2.22. The molecule has 0 aliphatic heterocycles. The first-order valence-corrected chi connectivity index (χ1v) is 8.15. The number of fused-ring (bicyclic) bond motifs is 3. The van der Waals surface area contributed by atoms with Crippen LogP contribution in [0, 0.1) is 0 Å². The quantitative estimate of drug-likeness (QED) is 0.798. The molecule has 0 saturated carbocycles. The highest BCUT2D eigenvalue weighted by atomic mass is 16.5. The van der Waals surface area contributed by atoms with Gasteiger partial charge in [-0.15, -0.1) is 0 Å². The van der Waals surface area contributed by atoms with E-state index in [0.717, 1.165) is 35.8 Å². The van der Waals surface area contributed by atoms with E-state index in [1.165, 1.54) is 13.8 Å². The SMILES string of the molecule is CC(Oc1ccc2c3c(c(=O)oc2c1)CCC3)C(=O)N[C@H](C)C(=O)O. The maximum Gasteiger partial charge on any atom is 0.339 e. The monoisotopic (exact) mass is 345 g/mol. The van der Waals surface area contributed by atoms with E-state index in [1.54, 1.807) is 12.1 Å². The molecule has 1 amide bonds. The van der Waals surface area contributed by atoms with Crippen LogP contribution in [0.15, 0.2) is 27.4 Å². The van der Waals surface area contributed by atoms with Crippen molar-refractivity contribution >= 4 is 22.8 Å². The number of carboxylic acid groups (broad SMARTS) is 1. The lowest BCUT2D eigenvalue weighted by Gasteiger charge is -2.17. The van der Waals surface area contributed by atoms with E-state index in [2.05, 4.69) is 5.32 Å². The topological polar surface area (TPSA) is 106 Å². The van der Waals surface area contributed by atoms with E-state index in [9.17, 15) is 14.4 Å². The number of carboxylic acids is 1. The van der Waals surface area contributed by atoms with E-state index in [-0.39, 0.29) is 5.63 Å². The Morgan fingerprint density at radius 2 is 1.96 bits per heavy atom. The number of hydrogen-bond donors (Lipinski definition) is 2. The zero-order chi connectivity index (χ0) is 18.1. The number of carbonyl (C=O) groups is 2. The summed E-state index contributed by atoms with van der Waals surface area (Å²) in [5.74, 6) is -1.29. The lowest BCUT2D eigenvalue weighted by Crippen LogP contribution is -2.44. The van der Waals surface area contributed by atoms with Gasteiger partial charge >= 0.3 is 11.6 Å². The van der Waals surface area contributed by atoms with Crippen LogP contribution in [0.3, 0.4) is 0 Å². The van der Waals surface area contributed by atoms with Crippen LogP contribution < -0.4 is 15.7 Å². The highest BCUT2D eigenvalue weighted by Crippen LogP contribution is 2.29. The average Bonchev–Trinajstić information content (AvgIpc) is 3.05. The van der Waals surface area contributed by atoms with Gasteiger partial charge in [0, 0.05) is 17.0 Å². The van der Waals surface area contributed by atoms with E-state index in [4.69, 9.17) is 14.3 Å². The fourth-order valence-electron chi connectivity index (χ4n) is 2.99. The largest absolute Gasteiger partial charge is 0.481 e. The Kier molecular flexibility index (Phi) is 4.48. The summed E-state index contributed by atoms with van der Waals surface area (Å²) in [5.41, 5.74) is 1.88. The highest BCUT2D eigenvalue weighted by molar-refractivity contribution is 5.86. The first kappa shape index (κ1) is 17.0. The fraction of sp³-hybridized carbons (Fsp3) is 0.389. The molecular formula is C18H19NO6. The Balaban J connectivity index is 1.81. The molecule has 2 atom stereocenters. The molecule has 1 aromatic heterocycles. The second-order valence-corrected chi connectivity index (χ2v) is 6.19. The van der Waals surface area contributed by atoms with Crippen molar-refractivity contribution in [1.82, 2.24) is 5.32 Å². The van der Waals surface area contributed by atoms with Gasteiger partial charge in [-0.3, -0.25) is 9.59 Å². The maximum atomic E-state index is 12.0. The number of benzene rings is 1. The summed E-state index contributed by atoms with van der Waals surface area (Å²) >= 11 is 0. The van der Waals surface area contributed by atoms with Crippen LogP contribution in [0.5, 0.6) is 5.75 Å². The minimum atomic E-state index is -1.12. The number of aryl methyl sites for hydroxylation is 1. The standard InChI is InChI=1S/C18H19NO6/c1-9(17(21)22)19-16(20)10(2)24-11-6-7-13-12-4-3-5-14(12)18(23)25-15(13)8-11/h6-10H,3-5H2,1-2H3,(H,19,20)(H,21,22)/t9-,10?/m1/s1. The maximum absolute atomic E-state index is 12.0. The van der Waals surface area contributed by atoms with Crippen LogP contribution in [0.1, 0.15) is 31.4 Å². The molecule has 0 spiro atoms. The minimum Gasteiger partial charge on any atom is -0.481 e. The Labute approximate surface area is 143 Å². The third kappa shape index (κ3) is 3.35. The predicted molar refractivity (Wildman–Crippen MR) is 89.8 cm³/mol. The first-order valence-electron chi connectivity index (χ1n) is 8.15. The number of ether oxygens (including phenoxy) is 1. The number of amides is 1. The molecule has 0 radical (unpaired) electrons. The summed E-state index contributed by atoms with van der Waals surface area (Å²) in [5, 5.41) is 12.1. The third-order valence-electron chi connectivity index (χ3n) is 4.36. The van der Waals surface area contributed by atoms with Crippen molar-refractivity contribution in [2.45, 2.75) is 45.3 Å². The summed E-state index contributed by atoms with van der Waals surface area (Å²) in [6.07, 6.45) is 1.64. The molecule has 1 unspecified atom stereocenters. The average molecular weight is 345 g/mol. The molecule has 0 fully saturated rings. The van der Waals surface area contributed by atoms with Crippen molar-refractivity contribution in [3.05, 3.63) is 39.7 Å². The molecule has 3 rings (SSSR count). The molecule has 2 N–H and O–H groups in total. The summed E-state index contributed by atoms with van der Waals surface area (Å²) in [6, 6.07) is 4.11. The van der Waals surface area contributed by atoms with Gasteiger partial charge in [-0.1, -0.05) is 0 Å². The number of rotatable bonds is 5. The Hall–Kier alpha value is -2.83. The molecule has 1 aliphatic carbocycles. The lowest BCUT2D eigenvalue weighted by atomic mass is 10.1. The number of hydrogen-bond acceptors (Lipinski definition) is 5. The normalized spacial score (nSPS) is 15.4. The summed E-state index contributed by atoms with van der Waals surface area (Å²) in [4.78, 5) is 34.8. The van der Waals surface area contributed by atoms with Crippen molar-refractivity contribution in [1.29, 1.82) is 0 Å². The minimum absolute atomic E-state index is 0.321. The molecular weight excluding hydrogens is 326 g/mol. The van der Waals surface area contributed by atoms with Gasteiger partial charge in [0.1, 0.15) is 17.4 Å². The Morgan fingerprint density at radius 1 is 1.24 bits per heavy atom. The van der Waals surface area contributed by atoms with Gasteiger partial charge in [0.15, 0.2) is 6.10 Å². The second-order valence-electron chi connectivity index (χ2n) is 6.19. The summed E-state index contributed by atoms with van der Waals surface area (Å²) in [7, 11) is 0. The third-order valence-corrected chi connectivity index (χ3v) is 4.36. The first-order chi connectivity index (χ1) is 11.9. The van der Waals surface area contributed by atoms with Crippen LogP contribution >= 0.6 is 0 Å². The predicted octanol–water partition coefficient (Wildman–Crippen LogP) is 1.64. The molecule has 7 nitrogen and oxygen atoms in total. The molecule has 0 saturated heterocycles. The van der Waals surface area contributed by atoms with Gasteiger partial charge in [-0.05, 0) is 50.8 Å². The van der Waals surface area contributed by atoms with Crippen molar-refractivity contribution < 1.29 is 23.8 Å². The fourth-order valence-corrected chi connectivity index (χ4v) is 2.99. The molecule has 132 valence electrons. The molecule has 1 aliphatic rings. The van der Waals surface area contributed by atoms with Crippen LogP contribution in [0.4, 0.5) is 0 Å². The van der Waals surface area contributed by atoms with E-state index in [1.807, 2.05) is 6.07 Å². The zero-order valence-corrected chi connectivity index (χ0v) is 14.0. The molecule has 0 bridgehead atoms. The van der Waals surface area contributed by atoms with Gasteiger partial charge in [0.05, 0.1) is 0 Å². The second kappa shape index (κ2) is 6.58. The lowest BCUT2D eigenvalue weighted by molar-refractivity contribution is -0.142. The Bertz CT molecular complexity index is 900. The molecule has 7 heteroatoms. The zero-order valence-electron chi connectivity index (χ0n) is 14.0. The molecule has 1 aromatic carbocycles. The Morgan fingerprint density at radius 3 is 2.68 bits per heavy atom. The van der Waals surface area contributed by atoms with E-state index >= 15 is 0 Å². The number of nitrogens with one attached hydrogen (secondary N) is 1. The van der Waals surface area contributed by atoms with Gasteiger partial charge in [0.2, 0.25) is 0 Å². The molecule has 2 aromatic rings. The van der Waals surface area contributed by atoms with Crippen LogP contribution in [0.2, 0.25) is 0 Å². The number of carbonyl (C=O) groups excluding carboxylic acids is 1. The van der Waals surface area contributed by atoms with Crippen molar-refractivity contribution in [3.63, 3.8) is 0 Å². The van der Waals surface area contributed by atoms with Crippen molar-refractivity contribution in [2.75, 3.05) is 0 Å². The van der Waals surface area contributed by atoms with Crippen LogP contribution in [0.25, 0.3) is 11.0 Å². The van der Waals surface area contributed by atoms with Crippen LogP contribution in [-0.2, 0) is 22.4 Å². The van der Waals surface area contributed by atoms with E-state index in [0.29, 0.717) is 11.3 Å². The number of aliphatic carboxylic acids is 1. The van der Waals surface area contributed by atoms with Crippen molar-refractivity contribution in [2.24, 2.45) is 0 Å². The van der Waals surface area contributed by atoms with Crippen LogP contribution in [-0.4, -0.2) is 29.1 Å². The van der Waals surface area contributed by atoms with Gasteiger partial charge in [-0.2, -0.15) is 0 Å². The van der Waals surface area contributed by atoms with Gasteiger partial charge in [0.25, 0.3) is 5.91 Å². The molecule has 1 heterocycles. The van der Waals surface area contributed by atoms with Gasteiger partial charge in [-0.25, -0.2) is 4.79 Å². The summed E-state index contributed by atoms with van der Waals surface area (Å²) < 4.78 is 10.9. The van der Waals surface area contributed by atoms with Crippen molar-refractivity contribution in [3.8, 4) is 5.75 Å². The van der Waals surface area contributed by atoms with Gasteiger partial charge < -0.3 is 19.6 Å². The van der Waals surface area contributed by atoms with E-state index < -0.39 is 24.0 Å². The summed E-state index contributed by atoms with van der Waals surface area (Å²) in [6.45, 7) is 2.89.